The van der Waals surface area contributed by atoms with Crippen LogP contribution >= 0.6 is 11.6 Å². The SMILES string of the molecule is CCOC(=O)c1ccc(Cl)[nH+]c1.[Cl-]. The maximum atomic E-state index is 11.1. The van der Waals surface area contributed by atoms with Gasteiger partial charge in [-0.2, -0.15) is 0 Å². The van der Waals surface area contributed by atoms with E-state index in [2.05, 4.69) is 4.98 Å². The molecule has 72 valence electrons. The van der Waals surface area contributed by atoms with Crippen molar-refractivity contribution in [2.24, 2.45) is 0 Å². The Kier molecular flexibility index (Phi) is 5.42. The maximum Gasteiger partial charge on any atom is 0.344 e. The summed E-state index contributed by atoms with van der Waals surface area (Å²) in [6.45, 7) is 2.14. The molecule has 1 rings (SSSR count). The van der Waals surface area contributed by atoms with E-state index in [0.29, 0.717) is 17.3 Å². The molecule has 0 saturated carbocycles. The summed E-state index contributed by atoms with van der Waals surface area (Å²) in [5.41, 5.74) is 0.473. The lowest BCUT2D eigenvalue weighted by molar-refractivity contribution is -0.375. The molecular formula is C8H9Cl2NO2. The molecular weight excluding hydrogens is 213 g/mol. The number of ether oxygens (including phenoxy) is 1. The summed E-state index contributed by atoms with van der Waals surface area (Å²) in [6, 6.07) is 3.21. The molecule has 0 spiro atoms. The first-order valence-corrected chi connectivity index (χ1v) is 3.96. The first-order chi connectivity index (χ1) is 5.74. The number of esters is 1. The highest BCUT2D eigenvalue weighted by Crippen LogP contribution is 2.02. The van der Waals surface area contributed by atoms with Crippen molar-refractivity contribution in [1.29, 1.82) is 0 Å². The second-order valence-electron chi connectivity index (χ2n) is 2.15. The third-order valence-corrected chi connectivity index (χ3v) is 1.52. The highest BCUT2D eigenvalue weighted by molar-refractivity contribution is 6.28. The summed E-state index contributed by atoms with van der Waals surface area (Å²) in [7, 11) is 0. The van der Waals surface area contributed by atoms with Crippen molar-refractivity contribution in [3.05, 3.63) is 29.0 Å². The predicted octanol–water partition coefficient (Wildman–Crippen LogP) is -1.67. The quantitative estimate of drug-likeness (QED) is 0.443. The third kappa shape index (κ3) is 3.61. The molecule has 1 N–H and O–H groups in total. The first-order valence-electron chi connectivity index (χ1n) is 3.58. The normalized spacial score (nSPS) is 8.77. The van der Waals surface area contributed by atoms with Crippen molar-refractivity contribution in [1.82, 2.24) is 0 Å². The number of pyridine rings is 1. The molecule has 0 aromatic carbocycles. The van der Waals surface area contributed by atoms with Crippen LogP contribution in [0.25, 0.3) is 0 Å². The van der Waals surface area contributed by atoms with E-state index in [9.17, 15) is 4.79 Å². The third-order valence-electron chi connectivity index (χ3n) is 1.29. The summed E-state index contributed by atoms with van der Waals surface area (Å²) in [5, 5.41) is 0.489. The van der Waals surface area contributed by atoms with Crippen molar-refractivity contribution in [2.45, 2.75) is 6.92 Å². The van der Waals surface area contributed by atoms with Gasteiger partial charge in [0.2, 0.25) is 0 Å². The highest BCUT2D eigenvalue weighted by atomic mass is 35.5. The molecule has 5 heteroatoms. The minimum atomic E-state index is -0.342. The average molecular weight is 222 g/mol. The van der Waals surface area contributed by atoms with Crippen LogP contribution in [0, 0.1) is 0 Å². The van der Waals surface area contributed by atoms with Gasteiger partial charge in [0.05, 0.1) is 6.61 Å². The Morgan fingerprint density at radius 2 is 2.31 bits per heavy atom. The van der Waals surface area contributed by atoms with Gasteiger partial charge in [0.15, 0.2) is 6.20 Å². The molecule has 3 nitrogen and oxygen atoms in total. The molecule has 0 amide bonds. The highest BCUT2D eigenvalue weighted by Gasteiger charge is 2.08. The first kappa shape index (κ1) is 12.2. The van der Waals surface area contributed by atoms with Crippen LogP contribution < -0.4 is 17.4 Å². The Balaban J connectivity index is 0.00000144. The fourth-order valence-electron chi connectivity index (χ4n) is 0.747. The number of carbonyl (C=O) groups excluding carboxylic acids is 1. The Bertz CT molecular complexity index is 274. The maximum absolute atomic E-state index is 11.1. The van der Waals surface area contributed by atoms with Crippen LogP contribution in [0.3, 0.4) is 0 Å². The van der Waals surface area contributed by atoms with Gasteiger partial charge in [-0.3, -0.25) is 0 Å². The van der Waals surface area contributed by atoms with Crippen LogP contribution in [0.15, 0.2) is 18.3 Å². The standard InChI is InChI=1S/C8H8ClNO2.ClH/c1-2-12-8(11)6-3-4-7(9)10-5-6;/h3-5H,2H2,1H3;1H. The largest absolute Gasteiger partial charge is 1.00 e. The van der Waals surface area contributed by atoms with Gasteiger partial charge in [-0.1, -0.05) is 0 Å². The number of aromatic amines is 1. The lowest BCUT2D eigenvalue weighted by Gasteiger charge is -1.97. The summed E-state index contributed by atoms with van der Waals surface area (Å²) in [6.07, 6.45) is 1.51. The monoisotopic (exact) mass is 221 g/mol. The van der Waals surface area contributed by atoms with E-state index in [1.807, 2.05) is 0 Å². The molecule has 0 radical (unpaired) electrons. The van der Waals surface area contributed by atoms with Crippen molar-refractivity contribution in [3.8, 4) is 0 Å². The van der Waals surface area contributed by atoms with Gasteiger partial charge in [0.25, 0.3) is 5.15 Å². The Morgan fingerprint density at radius 3 is 2.77 bits per heavy atom. The van der Waals surface area contributed by atoms with Gasteiger partial charge in [0.1, 0.15) is 5.56 Å². The molecule has 0 unspecified atom stereocenters. The van der Waals surface area contributed by atoms with Crippen molar-refractivity contribution in [3.63, 3.8) is 0 Å². The van der Waals surface area contributed by atoms with Crippen LogP contribution in [0.4, 0.5) is 0 Å². The molecule has 0 saturated heterocycles. The summed E-state index contributed by atoms with van der Waals surface area (Å²) in [5.74, 6) is -0.342. The summed E-state index contributed by atoms with van der Waals surface area (Å²) >= 11 is 5.59. The van der Waals surface area contributed by atoms with E-state index in [1.165, 1.54) is 6.20 Å². The number of nitrogens with one attached hydrogen (secondary N) is 1. The Labute approximate surface area is 87.5 Å². The number of carbonyl (C=O) groups is 1. The van der Waals surface area contributed by atoms with E-state index in [4.69, 9.17) is 16.3 Å². The second-order valence-corrected chi connectivity index (χ2v) is 2.55. The van der Waals surface area contributed by atoms with E-state index < -0.39 is 0 Å². The molecule has 1 aromatic rings. The molecule has 0 fully saturated rings. The van der Waals surface area contributed by atoms with Gasteiger partial charge in [-0.15, -0.1) is 0 Å². The van der Waals surface area contributed by atoms with E-state index in [0.717, 1.165) is 0 Å². The summed E-state index contributed by atoms with van der Waals surface area (Å²) < 4.78 is 4.77. The predicted molar refractivity (Wildman–Crippen MR) is 44.0 cm³/mol. The lowest BCUT2D eigenvalue weighted by Crippen LogP contribution is -3.00. The average Bonchev–Trinajstić information content (AvgIpc) is 2.06. The Hall–Kier alpha value is -0.800. The van der Waals surface area contributed by atoms with Gasteiger partial charge >= 0.3 is 5.97 Å². The molecule has 0 bridgehead atoms. The number of hydrogen-bond donors (Lipinski definition) is 0. The van der Waals surface area contributed by atoms with Crippen LogP contribution in [0.5, 0.6) is 0 Å². The van der Waals surface area contributed by atoms with Crippen molar-refractivity contribution in [2.75, 3.05) is 6.61 Å². The van der Waals surface area contributed by atoms with Crippen molar-refractivity contribution < 1.29 is 26.9 Å². The molecule has 0 aliphatic carbocycles. The zero-order chi connectivity index (χ0) is 8.97. The van der Waals surface area contributed by atoms with Crippen LogP contribution in [0.1, 0.15) is 17.3 Å². The number of halogens is 2. The second kappa shape index (κ2) is 5.78. The minimum Gasteiger partial charge on any atom is -1.00 e. The number of aromatic nitrogens is 1. The lowest BCUT2D eigenvalue weighted by atomic mass is 10.3. The Morgan fingerprint density at radius 1 is 1.62 bits per heavy atom. The van der Waals surface area contributed by atoms with Gasteiger partial charge in [-0.05, 0) is 24.6 Å². The number of hydrogen-bond acceptors (Lipinski definition) is 2. The summed E-state index contributed by atoms with van der Waals surface area (Å²) in [4.78, 5) is 13.8. The molecule has 1 aromatic heterocycles. The van der Waals surface area contributed by atoms with Gasteiger partial charge in [0, 0.05) is 6.07 Å². The van der Waals surface area contributed by atoms with Crippen molar-refractivity contribution >= 4 is 17.6 Å². The fourth-order valence-corrected chi connectivity index (χ4v) is 0.865. The zero-order valence-corrected chi connectivity index (χ0v) is 8.52. The van der Waals surface area contributed by atoms with Gasteiger partial charge in [-0.25, -0.2) is 9.78 Å². The van der Waals surface area contributed by atoms with Crippen LogP contribution in [-0.4, -0.2) is 12.6 Å². The van der Waals surface area contributed by atoms with E-state index >= 15 is 0 Å². The minimum absolute atomic E-state index is 0. The number of rotatable bonds is 2. The topological polar surface area (TPSA) is 40.4 Å². The molecule has 1 heterocycles. The van der Waals surface area contributed by atoms with Crippen LogP contribution in [-0.2, 0) is 4.74 Å². The molecule has 0 aliphatic heterocycles. The molecule has 0 atom stereocenters. The van der Waals surface area contributed by atoms with E-state index in [1.54, 1.807) is 19.1 Å². The fraction of sp³-hybridized carbons (Fsp3) is 0.250. The van der Waals surface area contributed by atoms with Gasteiger partial charge < -0.3 is 17.1 Å². The molecule has 0 aliphatic rings. The smallest absolute Gasteiger partial charge is 0.344 e. The molecule has 13 heavy (non-hydrogen) atoms. The number of H-pyrrole nitrogens is 1. The zero-order valence-electron chi connectivity index (χ0n) is 7.01. The van der Waals surface area contributed by atoms with Crippen LogP contribution in [0.2, 0.25) is 5.15 Å². The van der Waals surface area contributed by atoms with E-state index in [-0.39, 0.29) is 18.4 Å².